The minimum Gasteiger partial charge on any atom is -0.387 e. The maximum atomic E-state index is 12.4. The van der Waals surface area contributed by atoms with Crippen molar-refractivity contribution in [3.8, 4) is 0 Å². The molecule has 2 aromatic rings. The second-order valence-corrected chi connectivity index (χ2v) is 13.1. The highest BCUT2D eigenvalue weighted by atomic mass is 31.2. The minimum atomic E-state index is -4.39. The lowest BCUT2D eigenvalue weighted by Crippen LogP contribution is -2.39. The van der Waals surface area contributed by atoms with E-state index >= 15 is 0 Å². The van der Waals surface area contributed by atoms with Gasteiger partial charge in [0.1, 0.15) is 35.8 Å². The molecule has 3 rings (SSSR count). The van der Waals surface area contributed by atoms with Gasteiger partial charge in [0.25, 0.3) is 0 Å². The lowest BCUT2D eigenvalue weighted by molar-refractivity contribution is -0.0888. The molecule has 43 heavy (non-hydrogen) atoms. The third-order valence-corrected chi connectivity index (χ3v) is 9.12. The summed E-state index contributed by atoms with van der Waals surface area (Å²) in [5.41, 5.74) is 5.47. The molecule has 5 N–H and O–H groups in total. The van der Waals surface area contributed by atoms with Crippen molar-refractivity contribution in [2.45, 2.75) is 128 Å². The van der Waals surface area contributed by atoms with Crippen LogP contribution in [-0.4, -0.2) is 74.4 Å². The van der Waals surface area contributed by atoms with Crippen LogP contribution in [0, 0.1) is 0 Å². The van der Waals surface area contributed by atoms with Gasteiger partial charge in [0.15, 0.2) is 5.82 Å². The van der Waals surface area contributed by atoms with E-state index in [9.17, 15) is 19.7 Å². The Hall–Kier alpha value is -1.63. The number of nitrogen functional groups attached to an aromatic ring is 1. The molecular formula is C30H53N4O8P. The first kappa shape index (κ1) is 35.8. The van der Waals surface area contributed by atoms with Gasteiger partial charge in [-0.05, 0) is 38.3 Å². The molecule has 0 spiro atoms. The van der Waals surface area contributed by atoms with E-state index in [2.05, 4.69) is 17.0 Å². The molecule has 2 aromatic heterocycles. The van der Waals surface area contributed by atoms with Crippen LogP contribution in [0.25, 0.3) is 5.52 Å². The highest BCUT2D eigenvalue weighted by Crippen LogP contribution is 2.46. The van der Waals surface area contributed by atoms with Crippen LogP contribution in [0.1, 0.15) is 109 Å². The van der Waals surface area contributed by atoms with E-state index in [1.54, 1.807) is 19.1 Å². The number of aliphatic hydroxyl groups excluding tert-OH is 2. The van der Waals surface area contributed by atoms with Gasteiger partial charge >= 0.3 is 7.82 Å². The lowest BCUT2D eigenvalue weighted by Gasteiger charge is -2.27. The van der Waals surface area contributed by atoms with Crippen LogP contribution < -0.4 is 5.73 Å². The Morgan fingerprint density at radius 1 is 0.930 bits per heavy atom. The summed E-state index contributed by atoms with van der Waals surface area (Å²) >= 11 is 0. The molecule has 0 bridgehead atoms. The molecule has 12 nitrogen and oxygen atoms in total. The number of anilines is 1. The first-order valence-electron chi connectivity index (χ1n) is 16.0. The molecule has 0 saturated carbocycles. The molecule has 0 aromatic carbocycles. The Bertz CT molecular complexity index is 1120. The molecule has 1 saturated heterocycles. The summed E-state index contributed by atoms with van der Waals surface area (Å²) in [7, 11) is -4.39. The zero-order chi connectivity index (χ0) is 31.1. The fourth-order valence-electron chi connectivity index (χ4n) is 5.49. The second kappa shape index (κ2) is 18.4. The van der Waals surface area contributed by atoms with E-state index in [4.69, 9.17) is 24.3 Å². The number of nitrogens with zero attached hydrogens (tertiary/aromatic N) is 3. The van der Waals surface area contributed by atoms with Gasteiger partial charge in [0.05, 0.1) is 18.9 Å². The average Bonchev–Trinajstić information content (AvgIpc) is 3.52. The number of fused-ring (bicyclic) bond motifs is 1. The number of nitrogens with two attached hydrogens (primary N) is 1. The normalized spacial score (nSPS) is 23.7. The zero-order valence-electron chi connectivity index (χ0n) is 25.9. The van der Waals surface area contributed by atoms with Crippen molar-refractivity contribution in [2.75, 3.05) is 32.2 Å². The number of ether oxygens (including phenoxy) is 2. The Morgan fingerprint density at radius 3 is 2.16 bits per heavy atom. The fraction of sp³-hybridized carbons (Fsp3) is 0.800. The molecule has 2 unspecified atom stereocenters. The number of hydrogen-bond acceptors (Lipinski definition) is 10. The highest BCUT2D eigenvalue weighted by molar-refractivity contribution is 7.47. The third kappa shape index (κ3) is 11.0. The molecule has 1 fully saturated rings. The molecule has 246 valence electrons. The van der Waals surface area contributed by atoms with Gasteiger partial charge in [-0.2, -0.15) is 5.10 Å². The van der Waals surface area contributed by atoms with Gasteiger partial charge < -0.3 is 30.3 Å². The lowest BCUT2D eigenvalue weighted by atomic mass is 9.93. The maximum absolute atomic E-state index is 12.4. The van der Waals surface area contributed by atoms with Gasteiger partial charge in [0, 0.05) is 13.2 Å². The van der Waals surface area contributed by atoms with E-state index in [1.165, 1.54) is 81.5 Å². The van der Waals surface area contributed by atoms with E-state index in [0.717, 1.165) is 13.0 Å². The van der Waals surface area contributed by atoms with Crippen molar-refractivity contribution >= 4 is 19.2 Å². The summed E-state index contributed by atoms with van der Waals surface area (Å²) in [6.07, 6.45) is 14.4. The third-order valence-electron chi connectivity index (χ3n) is 8.14. The number of hydrogen-bond donors (Lipinski definition) is 4. The highest BCUT2D eigenvalue weighted by Gasteiger charge is 2.54. The number of rotatable bonds is 23. The topological polar surface area (TPSA) is 171 Å². The number of unbranched alkanes of at least 4 members (excludes halogenated alkanes) is 12. The Morgan fingerprint density at radius 2 is 1.51 bits per heavy atom. The standard InChI is InChI=1S/C30H53N4O8P/c1-3-4-5-6-7-8-9-10-11-12-13-14-19-39-20-15-16-21-40-43(37,38)41-22-25-27(35)28(36)30(2,42-25)26-18-17-24-29(31)32-23-33-34(24)26/h17-18,23,25,27-28,35-36H,3-16,19-22H2,1-2H3,(H,37,38)(H2,31,32,33)/t25?,27-,28-,30+/m1/s1. The van der Waals surface area contributed by atoms with Crippen LogP contribution in [0.4, 0.5) is 5.82 Å². The summed E-state index contributed by atoms with van der Waals surface area (Å²) in [5.74, 6) is 0.252. The van der Waals surface area contributed by atoms with Gasteiger partial charge in [-0.3, -0.25) is 9.05 Å². The van der Waals surface area contributed by atoms with E-state index in [0.29, 0.717) is 30.7 Å². The molecule has 1 aliphatic heterocycles. The van der Waals surface area contributed by atoms with Crippen molar-refractivity contribution in [3.05, 3.63) is 24.2 Å². The van der Waals surface area contributed by atoms with Crippen LogP contribution in [0.5, 0.6) is 0 Å². The quantitative estimate of drug-likeness (QED) is 0.0932. The largest absolute Gasteiger partial charge is 0.472 e. The number of aromatic nitrogens is 3. The van der Waals surface area contributed by atoms with Crippen LogP contribution >= 0.6 is 7.82 Å². The van der Waals surface area contributed by atoms with Crippen molar-refractivity contribution in [3.63, 3.8) is 0 Å². The Kier molecular flexibility index (Phi) is 15.3. The monoisotopic (exact) mass is 628 g/mol. The number of phosphoric acid groups is 1. The van der Waals surface area contributed by atoms with Crippen molar-refractivity contribution in [2.24, 2.45) is 0 Å². The molecule has 5 atom stereocenters. The fourth-order valence-corrected chi connectivity index (χ4v) is 6.26. The van der Waals surface area contributed by atoms with Gasteiger partial charge in [-0.15, -0.1) is 0 Å². The maximum Gasteiger partial charge on any atom is 0.472 e. The predicted octanol–water partition coefficient (Wildman–Crippen LogP) is 5.28. The molecule has 3 heterocycles. The molecular weight excluding hydrogens is 575 g/mol. The first-order valence-corrected chi connectivity index (χ1v) is 17.5. The van der Waals surface area contributed by atoms with Crippen LogP contribution in [0.15, 0.2) is 18.5 Å². The molecule has 13 heteroatoms. The van der Waals surface area contributed by atoms with Crippen molar-refractivity contribution in [1.29, 1.82) is 0 Å². The van der Waals surface area contributed by atoms with Gasteiger partial charge in [-0.1, -0.05) is 77.6 Å². The van der Waals surface area contributed by atoms with E-state index < -0.39 is 38.3 Å². The first-order chi connectivity index (χ1) is 20.7. The predicted molar refractivity (Wildman–Crippen MR) is 164 cm³/mol. The van der Waals surface area contributed by atoms with Crippen molar-refractivity contribution in [1.82, 2.24) is 14.6 Å². The van der Waals surface area contributed by atoms with Gasteiger partial charge in [-0.25, -0.2) is 14.1 Å². The van der Waals surface area contributed by atoms with Crippen LogP contribution in [0.3, 0.4) is 0 Å². The minimum absolute atomic E-state index is 0.0292. The zero-order valence-corrected chi connectivity index (χ0v) is 26.8. The molecule has 0 amide bonds. The van der Waals surface area contributed by atoms with Crippen LogP contribution in [-0.2, 0) is 28.7 Å². The molecule has 1 aliphatic rings. The molecule has 0 radical (unpaired) electrons. The summed E-state index contributed by atoms with van der Waals surface area (Å²) in [6.45, 7) is 4.72. The summed E-state index contributed by atoms with van der Waals surface area (Å²) in [4.78, 5) is 14.0. The smallest absolute Gasteiger partial charge is 0.387 e. The van der Waals surface area contributed by atoms with Gasteiger partial charge in [0.2, 0.25) is 0 Å². The van der Waals surface area contributed by atoms with E-state index in [1.807, 2.05) is 0 Å². The average molecular weight is 629 g/mol. The SMILES string of the molecule is CCCCCCCCCCCCCCOCCCCOP(=O)(O)OCC1O[C@@](C)(c2ccc3c(N)ncnn23)[C@H](O)[C@@H]1O. The summed E-state index contributed by atoms with van der Waals surface area (Å²) < 4.78 is 35.6. The van der Waals surface area contributed by atoms with Crippen molar-refractivity contribution < 1.29 is 38.2 Å². The Labute approximate surface area is 255 Å². The molecule has 0 aliphatic carbocycles. The van der Waals surface area contributed by atoms with Crippen LogP contribution in [0.2, 0.25) is 0 Å². The number of phosphoric ester groups is 1. The van der Waals surface area contributed by atoms with E-state index in [-0.39, 0.29) is 12.4 Å². The summed E-state index contributed by atoms with van der Waals surface area (Å²) in [6, 6.07) is 3.35. The number of aliphatic hydroxyl groups is 2. The Balaban J connectivity index is 1.22. The second-order valence-electron chi connectivity index (χ2n) is 11.7. The summed E-state index contributed by atoms with van der Waals surface area (Å²) in [5, 5.41) is 25.6.